The number of pyridine rings is 1. The van der Waals surface area contributed by atoms with Crippen molar-refractivity contribution in [3.8, 4) is 17.2 Å². The second-order valence-electron chi connectivity index (χ2n) is 8.71. The summed E-state index contributed by atoms with van der Waals surface area (Å²) in [7, 11) is 2.77. The Kier molecular flexibility index (Phi) is 9.40. The highest BCUT2D eigenvalue weighted by Crippen LogP contribution is 2.36. The van der Waals surface area contributed by atoms with Gasteiger partial charge >= 0.3 is 11.9 Å². The molecule has 1 aliphatic carbocycles. The minimum absolute atomic E-state index is 0.128. The van der Waals surface area contributed by atoms with Gasteiger partial charge in [-0.2, -0.15) is 0 Å². The third-order valence-corrected chi connectivity index (χ3v) is 5.69. The molecule has 1 saturated carbocycles. The van der Waals surface area contributed by atoms with Crippen LogP contribution in [0.4, 0.5) is 4.39 Å². The van der Waals surface area contributed by atoms with E-state index < -0.39 is 41.9 Å². The second-order valence-corrected chi connectivity index (χ2v) is 8.71. The van der Waals surface area contributed by atoms with Gasteiger partial charge in [0.2, 0.25) is 5.75 Å². The van der Waals surface area contributed by atoms with Gasteiger partial charge in [0, 0.05) is 30.8 Å². The molecule has 2 aromatic rings. The van der Waals surface area contributed by atoms with Crippen LogP contribution in [0.15, 0.2) is 30.5 Å². The highest BCUT2D eigenvalue weighted by molar-refractivity contribution is 5.98. The molecule has 1 aromatic heterocycles. The van der Waals surface area contributed by atoms with Crippen molar-refractivity contribution < 1.29 is 42.5 Å². The van der Waals surface area contributed by atoms with Crippen molar-refractivity contribution in [3.63, 3.8) is 0 Å². The van der Waals surface area contributed by atoms with Gasteiger partial charge < -0.3 is 29.0 Å². The van der Waals surface area contributed by atoms with E-state index in [0.29, 0.717) is 18.1 Å². The Balaban J connectivity index is 1.73. The summed E-state index contributed by atoms with van der Waals surface area (Å²) in [6, 6.07) is 4.39. The third kappa shape index (κ3) is 7.39. The van der Waals surface area contributed by atoms with E-state index in [4.69, 9.17) is 23.7 Å². The first-order chi connectivity index (χ1) is 17.6. The van der Waals surface area contributed by atoms with E-state index in [0.717, 1.165) is 12.8 Å². The maximum absolute atomic E-state index is 13.8. The molecule has 1 heterocycles. The van der Waals surface area contributed by atoms with Gasteiger partial charge in [-0.05, 0) is 44.7 Å². The van der Waals surface area contributed by atoms with Crippen LogP contribution < -0.4 is 19.5 Å². The Morgan fingerprint density at radius 1 is 1.11 bits per heavy atom. The predicted molar refractivity (Wildman–Crippen MR) is 129 cm³/mol. The van der Waals surface area contributed by atoms with Crippen molar-refractivity contribution in [2.24, 2.45) is 5.92 Å². The lowest BCUT2D eigenvalue weighted by atomic mass is 10.0. The zero-order valence-corrected chi connectivity index (χ0v) is 21.4. The number of hydrogen-bond acceptors (Lipinski definition) is 9. The molecule has 11 heteroatoms. The van der Waals surface area contributed by atoms with Crippen molar-refractivity contribution in [2.45, 2.75) is 51.9 Å². The van der Waals surface area contributed by atoms with Gasteiger partial charge in [0.1, 0.15) is 29.8 Å². The van der Waals surface area contributed by atoms with E-state index in [1.807, 2.05) is 0 Å². The van der Waals surface area contributed by atoms with E-state index in [2.05, 4.69) is 10.3 Å². The summed E-state index contributed by atoms with van der Waals surface area (Å²) in [6.45, 7) is 4.72. The molecule has 1 aromatic carbocycles. The van der Waals surface area contributed by atoms with Crippen molar-refractivity contribution in [3.05, 3.63) is 47.5 Å². The number of hydrogen-bond donors (Lipinski definition) is 1. The fourth-order valence-corrected chi connectivity index (χ4v) is 3.59. The molecular weight excluding hydrogens is 487 g/mol. The average molecular weight is 519 g/mol. The summed E-state index contributed by atoms with van der Waals surface area (Å²) in [5.41, 5.74) is 0.303. The summed E-state index contributed by atoms with van der Waals surface area (Å²) < 4.78 is 41.0. The number of amides is 1. The van der Waals surface area contributed by atoms with Gasteiger partial charge in [0.05, 0.1) is 20.8 Å². The largest absolute Gasteiger partial charge is 0.496 e. The molecule has 1 amide bonds. The molecule has 0 saturated heterocycles. The predicted octanol–water partition coefficient (Wildman–Crippen LogP) is 3.38. The number of methoxy groups -OCH3 is 2. The zero-order valence-electron chi connectivity index (χ0n) is 21.4. The maximum atomic E-state index is 13.8. The van der Waals surface area contributed by atoms with E-state index in [9.17, 15) is 18.8 Å². The first kappa shape index (κ1) is 27.9. The summed E-state index contributed by atoms with van der Waals surface area (Å²) in [4.78, 5) is 41.2. The first-order valence-electron chi connectivity index (χ1n) is 11.8. The minimum Gasteiger partial charge on any atom is -0.496 e. The second kappa shape index (κ2) is 12.5. The highest BCUT2D eigenvalue weighted by Gasteiger charge is 2.32. The number of esters is 2. The molecule has 1 N–H and O–H groups in total. The molecule has 0 unspecified atom stereocenters. The monoisotopic (exact) mass is 518 g/mol. The molecule has 0 bridgehead atoms. The molecule has 37 heavy (non-hydrogen) atoms. The Bertz CT molecular complexity index is 1140. The number of nitrogens with zero attached hydrogens (tertiary/aromatic N) is 1. The number of halogens is 1. The number of ether oxygens (including phenoxy) is 5. The average Bonchev–Trinajstić information content (AvgIpc) is 3.68. The van der Waals surface area contributed by atoms with Crippen LogP contribution in [-0.2, 0) is 19.1 Å². The molecule has 3 rings (SSSR count). The molecule has 200 valence electrons. The molecule has 0 spiro atoms. The maximum Gasteiger partial charge on any atom is 0.328 e. The molecule has 10 nitrogen and oxygen atoms in total. The SMILES string of the molecule is COc1cc(F)ccc1[C@@H](OCC1CC1)[C@H](C)OC(=O)[C@H](C)NC(=O)c1nccc(OC)c1OC(C)=O. The van der Waals surface area contributed by atoms with Crippen LogP contribution in [-0.4, -0.2) is 55.8 Å². The fraction of sp³-hybridized carbons (Fsp3) is 0.462. The lowest BCUT2D eigenvalue weighted by molar-refractivity contribution is -0.158. The minimum atomic E-state index is -1.09. The first-order valence-corrected chi connectivity index (χ1v) is 11.8. The zero-order chi connectivity index (χ0) is 27.1. The van der Waals surface area contributed by atoms with Crippen LogP contribution in [0.5, 0.6) is 17.2 Å². The van der Waals surface area contributed by atoms with E-state index in [-0.39, 0.29) is 22.9 Å². The van der Waals surface area contributed by atoms with Gasteiger partial charge in [-0.15, -0.1) is 0 Å². The van der Waals surface area contributed by atoms with Crippen LogP contribution in [0, 0.1) is 11.7 Å². The summed E-state index contributed by atoms with van der Waals surface area (Å²) in [5.74, 6) is -1.99. The normalized spacial score (nSPS) is 15.2. The van der Waals surface area contributed by atoms with Gasteiger partial charge in [-0.1, -0.05) is 0 Å². The lowest BCUT2D eigenvalue weighted by Gasteiger charge is -2.27. The summed E-state index contributed by atoms with van der Waals surface area (Å²) in [5, 5.41) is 2.50. The number of aromatic nitrogens is 1. The van der Waals surface area contributed by atoms with Crippen LogP contribution in [0.25, 0.3) is 0 Å². The van der Waals surface area contributed by atoms with Crippen molar-refractivity contribution >= 4 is 17.8 Å². The number of benzene rings is 1. The highest BCUT2D eigenvalue weighted by atomic mass is 19.1. The van der Waals surface area contributed by atoms with Crippen molar-refractivity contribution in [1.29, 1.82) is 0 Å². The van der Waals surface area contributed by atoms with E-state index in [1.165, 1.54) is 58.5 Å². The molecule has 0 aliphatic heterocycles. The van der Waals surface area contributed by atoms with Crippen LogP contribution in [0.1, 0.15) is 55.8 Å². The third-order valence-electron chi connectivity index (χ3n) is 5.69. The van der Waals surface area contributed by atoms with Gasteiger partial charge in [-0.3, -0.25) is 9.59 Å². The number of rotatable bonds is 12. The van der Waals surface area contributed by atoms with Crippen molar-refractivity contribution in [2.75, 3.05) is 20.8 Å². The molecule has 3 atom stereocenters. The molecule has 0 radical (unpaired) electrons. The number of nitrogens with one attached hydrogen (secondary N) is 1. The van der Waals surface area contributed by atoms with Crippen LogP contribution >= 0.6 is 0 Å². The number of carbonyl (C=O) groups is 3. The lowest BCUT2D eigenvalue weighted by Crippen LogP contribution is -2.42. The summed E-state index contributed by atoms with van der Waals surface area (Å²) >= 11 is 0. The van der Waals surface area contributed by atoms with Crippen LogP contribution in [0.3, 0.4) is 0 Å². The van der Waals surface area contributed by atoms with Crippen molar-refractivity contribution in [1.82, 2.24) is 10.3 Å². The molecular formula is C26H31FN2O8. The van der Waals surface area contributed by atoms with Gasteiger partial charge in [-0.25, -0.2) is 14.2 Å². The van der Waals surface area contributed by atoms with E-state index in [1.54, 1.807) is 6.92 Å². The smallest absolute Gasteiger partial charge is 0.328 e. The number of carbonyl (C=O) groups excluding carboxylic acids is 3. The molecule has 1 aliphatic rings. The standard InChI is InChI=1S/C26H31FN2O8/c1-14(29-25(31)22-24(37-16(3)30)20(33-4)10-11-28-22)26(32)36-15(2)23(35-13-17-6-7-17)19-9-8-18(27)12-21(19)34-5/h8-12,14-15,17,23H,6-7,13H2,1-5H3,(H,29,31)/t14-,15-,23-/m0/s1. The van der Waals surface area contributed by atoms with E-state index >= 15 is 0 Å². The topological polar surface area (TPSA) is 122 Å². The Labute approximate surface area is 214 Å². The molecule has 1 fully saturated rings. The van der Waals surface area contributed by atoms with Crippen LogP contribution in [0.2, 0.25) is 0 Å². The van der Waals surface area contributed by atoms with Gasteiger partial charge in [0.15, 0.2) is 11.4 Å². The Morgan fingerprint density at radius 2 is 1.81 bits per heavy atom. The van der Waals surface area contributed by atoms with Gasteiger partial charge in [0.25, 0.3) is 5.91 Å². The summed E-state index contributed by atoms with van der Waals surface area (Å²) in [6.07, 6.45) is 1.90. The fourth-order valence-electron chi connectivity index (χ4n) is 3.59. The Morgan fingerprint density at radius 3 is 2.43 bits per heavy atom. The quantitative estimate of drug-likeness (QED) is 0.421. The Hall–Kier alpha value is -3.73.